The van der Waals surface area contributed by atoms with Gasteiger partial charge in [-0.15, -0.1) is 0 Å². The fraction of sp³-hybridized carbons (Fsp3) is 0.400. The SMILES string of the molecule is O=C([C@@H]1CC=CCC1)N1CCc2c1cccc2[N+](=O)[O-]. The number of nitro groups is 1. The molecule has 2 aliphatic rings. The van der Waals surface area contributed by atoms with Crippen LogP contribution in [0.2, 0.25) is 0 Å². The lowest BCUT2D eigenvalue weighted by Gasteiger charge is -2.24. The third-order valence-corrected chi connectivity index (χ3v) is 4.08. The highest BCUT2D eigenvalue weighted by atomic mass is 16.6. The summed E-state index contributed by atoms with van der Waals surface area (Å²) < 4.78 is 0. The number of benzene rings is 1. The first-order valence-corrected chi connectivity index (χ1v) is 6.91. The van der Waals surface area contributed by atoms with E-state index in [-0.39, 0.29) is 22.4 Å². The van der Waals surface area contributed by atoms with Gasteiger partial charge in [0.25, 0.3) is 5.69 Å². The number of amides is 1. The number of carbonyl (C=O) groups is 1. The van der Waals surface area contributed by atoms with Crippen molar-refractivity contribution in [2.24, 2.45) is 5.92 Å². The Balaban J connectivity index is 1.89. The van der Waals surface area contributed by atoms with E-state index < -0.39 is 0 Å². The molecule has 0 N–H and O–H groups in total. The van der Waals surface area contributed by atoms with Gasteiger partial charge in [-0.2, -0.15) is 0 Å². The molecule has 1 heterocycles. The summed E-state index contributed by atoms with van der Waals surface area (Å²) in [5.74, 6) is 0.124. The van der Waals surface area contributed by atoms with Crippen molar-refractivity contribution >= 4 is 17.3 Å². The predicted molar refractivity (Wildman–Crippen MR) is 75.6 cm³/mol. The normalized spacial score (nSPS) is 20.8. The van der Waals surface area contributed by atoms with Gasteiger partial charge in [0.15, 0.2) is 0 Å². The van der Waals surface area contributed by atoms with E-state index in [1.807, 2.05) is 6.07 Å². The summed E-state index contributed by atoms with van der Waals surface area (Å²) in [6, 6.07) is 4.98. The highest BCUT2D eigenvalue weighted by Crippen LogP contribution is 2.36. The first-order valence-electron chi connectivity index (χ1n) is 6.91. The van der Waals surface area contributed by atoms with E-state index in [0.29, 0.717) is 18.5 Å². The first kappa shape index (κ1) is 12.8. The predicted octanol–water partition coefficient (Wildman–Crippen LogP) is 2.84. The second-order valence-corrected chi connectivity index (χ2v) is 5.25. The van der Waals surface area contributed by atoms with Crippen LogP contribution in [0.4, 0.5) is 11.4 Å². The number of allylic oxidation sites excluding steroid dienone is 2. The van der Waals surface area contributed by atoms with E-state index in [9.17, 15) is 14.9 Å². The van der Waals surface area contributed by atoms with Gasteiger partial charge in [0.2, 0.25) is 5.91 Å². The highest BCUT2D eigenvalue weighted by molar-refractivity contribution is 5.97. The molecule has 20 heavy (non-hydrogen) atoms. The Bertz CT molecular complexity index is 595. The Morgan fingerprint density at radius 3 is 2.90 bits per heavy atom. The molecule has 5 heteroatoms. The number of anilines is 1. The molecule has 0 fully saturated rings. The zero-order valence-electron chi connectivity index (χ0n) is 11.1. The summed E-state index contributed by atoms with van der Waals surface area (Å²) in [6.07, 6.45) is 7.31. The molecule has 0 bridgehead atoms. The molecule has 0 aromatic heterocycles. The van der Waals surface area contributed by atoms with Gasteiger partial charge in [-0.3, -0.25) is 14.9 Å². The van der Waals surface area contributed by atoms with Crippen molar-refractivity contribution in [2.75, 3.05) is 11.4 Å². The van der Waals surface area contributed by atoms with Crippen LogP contribution in [0.3, 0.4) is 0 Å². The summed E-state index contributed by atoms with van der Waals surface area (Å²) >= 11 is 0. The van der Waals surface area contributed by atoms with Crippen LogP contribution >= 0.6 is 0 Å². The average Bonchev–Trinajstić information content (AvgIpc) is 2.91. The molecule has 0 spiro atoms. The van der Waals surface area contributed by atoms with Crippen LogP contribution in [0, 0.1) is 16.0 Å². The minimum Gasteiger partial charge on any atom is -0.311 e. The van der Waals surface area contributed by atoms with Crippen LogP contribution in [-0.4, -0.2) is 17.4 Å². The van der Waals surface area contributed by atoms with Crippen molar-refractivity contribution in [3.8, 4) is 0 Å². The molecule has 0 saturated carbocycles. The largest absolute Gasteiger partial charge is 0.311 e. The fourth-order valence-corrected chi connectivity index (χ4v) is 3.05. The Hall–Kier alpha value is -2.17. The lowest BCUT2D eigenvalue weighted by molar-refractivity contribution is -0.385. The Morgan fingerprint density at radius 1 is 1.35 bits per heavy atom. The summed E-state index contributed by atoms with van der Waals surface area (Å²) in [6.45, 7) is 0.555. The summed E-state index contributed by atoms with van der Waals surface area (Å²) in [5, 5.41) is 11.0. The van der Waals surface area contributed by atoms with E-state index in [0.717, 1.165) is 24.9 Å². The number of nitrogens with zero attached hydrogens (tertiary/aromatic N) is 2. The van der Waals surface area contributed by atoms with Gasteiger partial charge in [-0.05, 0) is 31.7 Å². The summed E-state index contributed by atoms with van der Waals surface area (Å²) in [5.41, 5.74) is 1.54. The number of hydrogen-bond donors (Lipinski definition) is 0. The maximum absolute atomic E-state index is 12.6. The van der Waals surface area contributed by atoms with Crippen LogP contribution in [0.15, 0.2) is 30.4 Å². The third kappa shape index (κ3) is 2.09. The average molecular weight is 272 g/mol. The zero-order chi connectivity index (χ0) is 14.1. The molecule has 1 atom stereocenters. The quantitative estimate of drug-likeness (QED) is 0.472. The zero-order valence-corrected chi connectivity index (χ0v) is 11.1. The van der Waals surface area contributed by atoms with Gasteiger partial charge in [0.05, 0.1) is 16.2 Å². The number of hydrogen-bond acceptors (Lipinski definition) is 3. The topological polar surface area (TPSA) is 63.5 Å². The highest BCUT2D eigenvalue weighted by Gasteiger charge is 2.33. The molecule has 3 rings (SSSR count). The Labute approximate surface area is 117 Å². The van der Waals surface area contributed by atoms with Gasteiger partial charge in [0.1, 0.15) is 0 Å². The molecule has 1 aromatic rings. The standard InChI is InChI=1S/C15H16N2O3/c18-15(11-5-2-1-3-6-11)16-10-9-12-13(16)7-4-8-14(12)17(19)20/h1-2,4,7-8,11H,3,5-6,9-10H2/t11-/m1/s1. The van der Waals surface area contributed by atoms with Crippen molar-refractivity contribution in [1.82, 2.24) is 0 Å². The van der Waals surface area contributed by atoms with Crippen molar-refractivity contribution in [2.45, 2.75) is 25.7 Å². The van der Waals surface area contributed by atoms with Crippen molar-refractivity contribution < 1.29 is 9.72 Å². The second kappa shape index (κ2) is 5.07. The molecule has 5 nitrogen and oxygen atoms in total. The summed E-state index contributed by atoms with van der Waals surface area (Å²) in [7, 11) is 0. The second-order valence-electron chi connectivity index (χ2n) is 5.25. The van der Waals surface area contributed by atoms with Crippen molar-refractivity contribution in [3.05, 3.63) is 46.0 Å². The Morgan fingerprint density at radius 2 is 2.20 bits per heavy atom. The third-order valence-electron chi connectivity index (χ3n) is 4.08. The van der Waals surface area contributed by atoms with Crippen LogP contribution in [0.5, 0.6) is 0 Å². The minimum atomic E-state index is -0.365. The van der Waals surface area contributed by atoms with E-state index >= 15 is 0 Å². The molecule has 0 radical (unpaired) electrons. The fourth-order valence-electron chi connectivity index (χ4n) is 3.05. The number of fused-ring (bicyclic) bond motifs is 1. The van der Waals surface area contributed by atoms with Gasteiger partial charge in [-0.1, -0.05) is 18.2 Å². The molecule has 0 saturated heterocycles. The molecule has 1 amide bonds. The van der Waals surface area contributed by atoms with E-state index in [1.54, 1.807) is 11.0 Å². The summed E-state index contributed by atoms with van der Waals surface area (Å²) in [4.78, 5) is 25.0. The lowest BCUT2D eigenvalue weighted by Crippen LogP contribution is -2.35. The molecule has 0 unspecified atom stereocenters. The van der Waals surface area contributed by atoms with E-state index in [2.05, 4.69) is 12.2 Å². The molecule has 1 aromatic carbocycles. The number of nitro benzene ring substituents is 1. The van der Waals surface area contributed by atoms with Gasteiger partial charge >= 0.3 is 0 Å². The van der Waals surface area contributed by atoms with Crippen molar-refractivity contribution in [3.63, 3.8) is 0 Å². The van der Waals surface area contributed by atoms with Crippen LogP contribution in [0.1, 0.15) is 24.8 Å². The number of carbonyl (C=O) groups excluding carboxylic acids is 1. The first-order chi connectivity index (χ1) is 9.68. The Kier molecular flexibility index (Phi) is 3.26. The van der Waals surface area contributed by atoms with Gasteiger partial charge in [0, 0.05) is 18.5 Å². The maximum Gasteiger partial charge on any atom is 0.274 e. The van der Waals surface area contributed by atoms with E-state index in [4.69, 9.17) is 0 Å². The molecular formula is C15H16N2O3. The smallest absolute Gasteiger partial charge is 0.274 e. The van der Waals surface area contributed by atoms with E-state index in [1.165, 1.54) is 6.07 Å². The molecule has 104 valence electrons. The van der Waals surface area contributed by atoms with Crippen LogP contribution in [0.25, 0.3) is 0 Å². The number of rotatable bonds is 2. The van der Waals surface area contributed by atoms with Gasteiger partial charge < -0.3 is 4.90 Å². The maximum atomic E-state index is 12.6. The van der Waals surface area contributed by atoms with Crippen molar-refractivity contribution in [1.29, 1.82) is 0 Å². The van der Waals surface area contributed by atoms with Gasteiger partial charge in [-0.25, -0.2) is 0 Å². The molecular weight excluding hydrogens is 256 g/mol. The molecule has 1 aliphatic heterocycles. The monoisotopic (exact) mass is 272 g/mol. The minimum absolute atomic E-state index is 0.0187. The molecule has 1 aliphatic carbocycles. The van der Waals surface area contributed by atoms with Crippen LogP contribution < -0.4 is 4.90 Å². The lowest BCUT2D eigenvalue weighted by atomic mass is 9.93. The van der Waals surface area contributed by atoms with Crippen LogP contribution in [-0.2, 0) is 11.2 Å².